The Morgan fingerprint density at radius 3 is 2.55 bits per heavy atom. The van der Waals surface area contributed by atoms with Crippen molar-refractivity contribution >= 4 is 11.7 Å². The van der Waals surface area contributed by atoms with E-state index in [4.69, 9.17) is 14.3 Å². The van der Waals surface area contributed by atoms with Crippen molar-refractivity contribution in [2.45, 2.75) is 32.5 Å². The Kier molecular flexibility index (Phi) is 8.06. The number of carbonyl (C=O) groups is 1. The van der Waals surface area contributed by atoms with Gasteiger partial charge >= 0.3 is 12.1 Å². The third-order valence-electron chi connectivity index (χ3n) is 3.94. The molecule has 156 valence electrons. The lowest BCUT2D eigenvalue weighted by Crippen LogP contribution is -2.21. The molecule has 0 aliphatic heterocycles. The molecule has 2 aromatic carbocycles. The minimum atomic E-state index is -4.46. The molecule has 0 heterocycles. The van der Waals surface area contributed by atoms with Gasteiger partial charge in [-0.05, 0) is 30.2 Å². The molecule has 0 spiro atoms. The van der Waals surface area contributed by atoms with E-state index in [0.717, 1.165) is 18.6 Å². The zero-order valence-corrected chi connectivity index (χ0v) is 16.2. The Balaban J connectivity index is 2.21. The van der Waals surface area contributed by atoms with Crippen molar-refractivity contribution in [3.63, 3.8) is 0 Å². The third-order valence-corrected chi connectivity index (χ3v) is 3.94. The van der Waals surface area contributed by atoms with Gasteiger partial charge in [0.25, 0.3) is 0 Å². The zero-order valence-electron chi connectivity index (χ0n) is 16.2. The van der Waals surface area contributed by atoms with E-state index in [1.54, 1.807) is 24.3 Å². The highest BCUT2D eigenvalue weighted by atomic mass is 19.4. The second-order valence-corrected chi connectivity index (χ2v) is 6.08. The quantitative estimate of drug-likeness (QED) is 0.254. The molecule has 29 heavy (non-hydrogen) atoms. The largest absolute Gasteiger partial charge is 0.489 e. The van der Waals surface area contributed by atoms with Gasteiger partial charge in [0.2, 0.25) is 0 Å². The molecular weight excluding hydrogens is 387 g/mol. The molecule has 2 rings (SSSR count). The van der Waals surface area contributed by atoms with Crippen LogP contribution in [0.15, 0.2) is 53.7 Å². The summed E-state index contributed by atoms with van der Waals surface area (Å²) < 4.78 is 49.3. The van der Waals surface area contributed by atoms with Crippen LogP contribution in [-0.4, -0.2) is 25.4 Å². The highest BCUT2D eigenvalue weighted by molar-refractivity contribution is 6.43. The highest BCUT2D eigenvalue weighted by Crippen LogP contribution is 2.31. The summed E-state index contributed by atoms with van der Waals surface area (Å²) in [5.74, 6) is -0.586. The monoisotopic (exact) mass is 409 g/mol. The Bertz CT molecular complexity index is 850. The molecule has 8 heteroatoms. The van der Waals surface area contributed by atoms with Crippen molar-refractivity contribution in [2.75, 3.05) is 13.7 Å². The molecule has 0 atom stereocenters. The van der Waals surface area contributed by atoms with Gasteiger partial charge in [0, 0.05) is 5.56 Å². The van der Waals surface area contributed by atoms with Crippen LogP contribution in [0.1, 0.15) is 36.5 Å². The SMILES string of the molecule is CCCCOC(=O)C(=NOC)c1ccccc1COc1cccc(C(F)(F)F)c1. The molecule has 0 fully saturated rings. The van der Waals surface area contributed by atoms with Gasteiger partial charge in [-0.3, -0.25) is 0 Å². The first-order valence-electron chi connectivity index (χ1n) is 9.03. The van der Waals surface area contributed by atoms with E-state index < -0.39 is 17.7 Å². The summed E-state index contributed by atoms with van der Waals surface area (Å²) in [6.45, 7) is 2.15. The molecule has 0 bridgehead atoms. The molecule has 0 unspecified atom stereocenters. The first-order valence-corrected chi connectivity index (χ1v) is 9.03. The fraction of sp³-hybridized carbons (Fsp3) is 0.333. The maximum Gasteiger partial charge on any atom is 0.416 e. The molecule has 0 amide bonds. The van der Waals surface area contributed by atoms with Gasteiger partial charge < -0.3 is 14.3 Å². The number of carbonyl (C=O) groups excluding carboxylic acids is 1. The van der Waals surface area contributed by atoms with Gasteiger partial charge in [0.05, 0.1) is 12.2 Å². The van der Waals surface area contributed by atoms with Gasteiger partial charge in [-0.25, -0.2) is 4.79 Å². The first kappa shape index (κ1) is 22.3. The Morgan fingerprint density at radius 2 is 1.86 bits per heavy atom. The van der Waals surface area contributed by atoms with Crippen LogP contribution in [0.4, 0.5) is 13.2 Å². The summed E-state index contributed by atoms with van der Waals surface area (Å²) in [6.07, 6.45) is -2.88. The lowest BCUT2D eigenvalue weighted by atomic mass is 10.0. The average molecular weight is 409 g/mol. The minimum Gasteiger partial charge on any atom is -0.489 e. The van der Waals surface area contributed by atoms with Crippen LogP contribution in [0.3, 0.4) is 0 Å². The van der Waals surface area contributed by atoms with Crippen LogP contribution in [0.25, 0.3) is 0 Å². The number of ether oxygens (including phenoxy) is 2. The van der Waals surface area contributed by atoms with E-state index in [0.29, 0.717) is 17.5 Å². The number of esters is 1. The number of hydrogen-bond acceptors (Lipinski definition) is 5. The fourth-order valence-electron chi connectivity index (χ4n) is 2.47. The zero-order chi connectivity index (χ0) is 21.3. The Hall–Kier alpha value is -3.03. The van der Waals surface area contributed by atoms with Crippen LogP contribution in [0.5, 0.6) is 5.75 Å². The molecule has 0 N–H and O–H groups in total. The van der Waals surface area contributed by atoms with Crippen LogP contribution < -0.4 is 4.74 Å². The number of benzene rings is 2. The summed E-state index contributed by atoms with van der Waals surface area (Å²) in [7, 11) is 1.31. The van der Waals surface area contributed by atoms with E-state index in [1.807, 2.05) is 6.92 Å². The molecule has 0 saturated heterocycles. The van der Waals surface area contributed by atoms with Crippen molar-refractivity contribution in [3.8, 4) is 5.75 Å². The van der Waals surface area contributed by atoms with Crippen LogP contribution in [0, 0.1) is 0 Å². The number of hydrogen-bond donors (Lipinski definition) is 0. The first-order chi connectivity index (χ1) is 13.9. The topological polar surface area (TPSA) is 57.1 Å². The van der Waals surface area contributed by atoms with Gasteiger partial charge in [0.1, 0.15) is 19.5 Å². The van der Waals surface area contributed by atoms with Crippen LogP contribution in [-0.2, 0) is 27.2 Å². The number of unbranched alkanes of at least 4 members (excludes halogenated alkanes) is 1. The predicted octanol–water partition coefficient (Wildman–Crippen LogP) is 4.98. The van der Waals surface area contributed by atoms with E-state index in [2.05, 4.69) is 5.16 Å². The fourth-order valence-corrected chi connectivity index (χ4v) is 2.47. The van der Waals surface area contributed by atoms with Crippen molar-refractivity contribution in [3.05, 3.63) is 65.2 Å². The standard InChI is InChI=1S/C21H22F3NO4/c1-3-4-12-28-20(26)19(25-27-2)18-11-6-5-8-15(18)14-29-17-10-7-9-16(13-17)21(22,23)24/h5-11,13H,3-4,12,14H2,1-2H3. The normalized spacial score (nSPS) is 11.8. The van der Waals surface area contributed by atoms with Crippen molar-refractivity contribution in [2.24, 2.45) is 5.16 Å². The molecule has 0 radical (unpaired) electrons. The number of nitrogens with zero attached hydrogens (tertiary/aromatic N) is 1. The van der Waals surface area contributed by atoms with Crippen molar-refractivity contribution in [1.29, 1.82) is 0 Å². The number of halogens is 3. The van der Waals surface area contributed by atoms with Crippen LogP contribution >= 0.6 is 0 Å². The lowest BCUT2D eigenvalue weighted by Gasteiger charge is -2.13. The smallest absolute Gasteiger partial charge is 0.416 e. The van der Waals surface area contributed by atoms with E-state index >= 15 is 0 Å². The second-order valence-electron chi connectivity index (χ2n) is 6.08. The molecule has 0 aliphatic rings. The highest BCUT2D eigenvalue weighted by Gasteiger charge is 2.30. The van der Waals surface area contributed by atoms with Crippen molar-refractivity contribution < 1.29 is 32.3 Å². The third kappa shape index (κ3) is 6.51. The van der Waals surface area contributed by atoms with Gasteiger partial charge in [-0.1, -0.05) is 48.8 Å². The van der Waals surface area contributed by atoms with Gasteiger partial charge in [-0.2, -0.15) is 13.2 Å². The maximum absolute atomic E-state index is 12.9. The second kappa shape index (κ2) is 10.5. The molecule has 0 aliphatic carbocycles. The van der Waals surface area contributed by atoms with Crippen LogP contribution in [0.2, 0.25) is 0 Å². The number of rotatable bonds is 9. The Morgan fingerprint density at radius 1 is 1.10 bits per heavy atom. The number of oxime groups is 1. The molecule has 0 aromatic heterocycles. The van der Waals surface area contributed by atoms with Gasteiger partial charge in [0.15, 0.2) is 5.71 Å². The molecule has 2 aromatic rings. The molecule has 0 saturated carbocycles. The van der Waals surface area contributed by atoms with E-state index in [1.165, 1.54) is 19.2 Å². The lowest BCUT2D eigenvalue weighted by molar-refractivity contribution is -0.138. The predicted molar refractivity (Wildman–Crippen MR) is 102 cm³/mol. The maximum atomic E-state index is 12.9. The van der Waals surface area contributed by atoms with E-state index in [9.17, 15) is 18.0 Å². The minimum absolute atomic E-state index is 0.0353. The van der Waals surface area contributed by atoms with E-state index in [-0.39, 0.29) is 24.7 Å². The molecular formula is C21H22F3NO4. The van der Waals surface area contributed by atoms with Crippen molar-refractivity contribution in [1.82, 2.24) is 0 Å². The van der Waals surface area contributed by atoms with Gasteiger partial charge in [-0.15, -0.1) is 0 Å². The summed E-state index contributed by atoms with van der Waals surface area (Å²) in [5, 5.41) is 3.77. The Labute approximate surface area is 167 Å². The summed E-state index contributed by atoms with van der Waals surface area (Å²) in [6, 6.07) is 11.3. The summed E-state index contributed by atoms with van der Waals surface area (Å²) in [5.41, 5.74) is 0.132. The number of alkyl halides is 3. The summed E-state index contributed by atoms with van der Waals surface area (Å²) in [4.78, 5) is 17.2. The molecule has 5 nitrogen and oxygen atoms in total. The average Bonchev–Trinajstić information content (AvgIpc) is 2.70. The summed E-state index contributed by atoms with van der Waals surface area (Å²) >= 11 is 0.